The standard InChI is InChI=1S/C19H27N3O3/c1-3-25-17-6-4-16(5-7-17)22-13-14(12-18(22)23)19(24)20-15-8-10-21(2)11-9-15/h4-7,14-15H,3,8-13H2,1-2H3,(H,20,24)/t14-/m1/s1. The van der Waals surface area contributed by atoms with Crippen LogP contribution in [0.2, 0.25) is 0 Å². The fourth-order valence-electron chi connectivity index (χ4n) is 3.49. The fourth-order valence-corrected chi connectivity index (χ4v) is 3.49. The zero-order valence-corrected chi connectivity index (χ0v) is 15.0. The number of piperidine rings is 1. The van der Waals surface area contributed by atoms with E-state index in [-0.39, 0.29) is 30.2 Å². The van der Waals surface area contributed by atoms with Gasteiger partial charge in [-0.1, -0.05) is 0 Å². The van der Waals surface area contributed by atoms with Gasteiger partial charge >= 0.3 is 0 Å². The number of nitrogens with one attached hydrogen (secondary N) is 1. The molecule has 2 aliphatic rings. The Bertz CT molecular complexity index is 609. The normalized spacial score (nSPS) is 22.2. The zero-order chi connectivity index (χ0) is 17.8. The first kappa shape index (κ1) is 17.7. The Labute approximate surface area is 149 Å². The number of rotatable bonds is 5. The van der Waals surface area contributed by atoms with Gasteiger partial charge in [0.25, 0.3) is 0 Å². The topological polar surface area (TPSA) is 61.9 Å². The van der Waals surface area contributed by atoms with E-state index in [0.29, 0.717) is 13.2 Å². The number of hydrogen-bond acceptors (Lipinski definition) is 4. The summed E-state index contributed by atoms with van der Waals surface area (Å²) in [5.41, 5.74) is 0.822. The lowest BCUT2D eigenvalue weighted by Crippen LogP contribution is -2.45. The van der Waals surface area contributed by atoms with E-state index in [1.807, 2.05) is 31.2 Å². The highest BCUT2D eigenvalue weighted by molar-refractivity contribution is 6.00. The summed E-state index contributed by atoms with van der Waals surface area (Å²) in [5.74, 6) is 0.539. The van der Waals surface area contributed by atoms with Crippen LogP contribution in [0.5, 0.6) is 5.75 Å². The largest absolute Gasteiger partial charge is 0.494 e. The maximum Gasteiger partial charge on any atom is 0.227 e. The highest BCUT2D eigenvalue weighted by Gasteiger charge is 2.36. The maximum atomic E-state index is 12.5. The molecule has 0 aliphatic carbocycles. The number of nitrogens with zero attached hydrogens (tertiary/aromatic N) is 2. The van der Waals surface area contributed by atoms with Gasteiger partial charge in [0.1, 0.15) is 5.75 Å². The number of benzene rings is 1. The smallest absolute Gasteiger partial charge is 0.227 e. The van der Waals surface area contributed by atoms with Crippen LogP contribution in [-0.2, 0) is 9.59 Å². The van der Waals surface area contributed by atoms with Crippen LogP contribution >= 0.6 is 0 Å². The molecule has 3 rings (SSSR count). The summed E-state index contributed by atoms with van der Waals surface area (Å²) in [6, 6.07) is 7.70. The lowest BCUT2D eigenvalue weighted by Gasteiger charge is -2.30. The van der Waals surface area contributed by atoms with Gasteiger partial charge in [0.15, 0.2) is 0 Å². The molecule has 2 saturated heterocycles. The summed E-state index contributed by atoms with van der Waals surface area (Å²) in [4.78, 5) is 28.9. The van der Waals surface area contributed by atoms with Gasteiger partial charge in [0.2, 0.25) is 11.8 Å². The van der Waals surface area contributed by atoms with Crippen molar-refractivity contribution >= 4 is 17.5 Å². The molecule has 6 heteroatoms. The second-order valence-corrected chi connectivity index (χ2v) is 6.92. The molecule has 2 fully saturated rings. The Morgan fingerprint density at radius 2 is 1.92 bits per heavy atom. The average molecular weight is 345 g/mol. The van der Waals surface area contributed by atoms with E-state index < -0.39 is 0 Å². The molecule has 1 N–H and O–H groups in total. The Kier molecular flexibility index (Phi) is 5.58. The van der Waals surface area contributed by atoms with Crippen LogP contribution in [0.1, 0.15) is 26.2 Å². The Morgan fingerprint density at radius 3 is 2.56 bits per heavy atom. The molecule has 1 atom stereocenters. The highest BCUT2D eigenvalue weighted by atomic mass is 16.5. The van der Waals surface area contributed by atoms with Crippen molar-refractivity contribution < 1.29 is 14.3 Å². The summed E-state index contributed by atoms with van der Waals surface area (Å²) in [5, 5.41) is 3.14. The van der Waals surface area contributed by atoms with Crippen LogP contribution in [0, 0.1) is 5.92 Å². The van der Waals surface area contributed by atoms with Gasteiger partial charge in [-0.15, -0.1) is 0 Å². The van der Waals surface area contributed by atoms with Crippen molar-refractivity contribution in [2.24, 2.45) is 5.92 Å². The van der Waals surface area contributed by atoms with Gasteiger partial charge in [0, 0.05) is 24.7 Å². The first-order chi connectivity index (χ1) is 12.1. The Hall–Kier alpha value is -2.08. The number of ether oxygens (including phenoxy) is 1. The monoisotopic (exact) mass is 345 g/mol. The molecule has 6 nitrogen and oxygen atoms in total. The second-order valence-electron chi connectivity index (χ2n) is 6.92. The minimum Gasteiger partial charge on any atom is -0.494 e. The molecule has 2 aliphatic heterocycles. The first-order valence-corrected chi connectivity index (χ1v) is 9.09. The van der Waals surface area contributed by atoms with Gasteiger partial charge in [-0.05, 0) is 64.2 Å². The van der Waals surface area contributed by atoms with E-state index in [9.17, 15) is 9.59 Å². The van der Waals surface area contributed by atoms with Crippen molar-refractivity contribution in [1.29, 1.82) is 0 Å². The van der Waals surface area contributed by atoms with Crippen LogP contribution in [0.25, 0.3) is 0 Å². The molecular formula is C19H27N3O3. The predicted octanol–water partition coefficient (Wildman–Crippen LogP) is 1.65. The number of carbonyl (C=O) groups excluding carboxylic acids is 2. The minimum absolute atomic E-state index is 0.00712. The molecule has 0 aromatic heterocycles. The van der Waals surface area contributed by atoms with E-state index in [0.717, 1.165) is 37.4 Å². The van der Waals surface area contributed by atoms with Crippen molar-refractivity contribution in [3.63, 3.8) is 0 Å². The molecule has 25 heavy (non-hydrogen) atoms. The summed E-state index contributed by atoms with van der Waals surface area (Å²) < 4.78 is 5.43. The van der Waals surface area contributed by atoms with Gasteiger partial charge in [-0.25, -0.2) is 0 Å². The fraction of sp³-hybridized carbons (Fsp3) is 0.579. The molecule has 136 valence electrons. The summed E-state index contributed by atoms with van der Waals surface area (Å²) in [6.45, 7) is 5.01. The van der Waals surface area contributed by atoms with Crippen molar-refractivity contribution in [3.05, 3.63) is 24.3 Å². The molecular weight excluding hydrogens is 318 g/mol. The van der Waals surface area contributed by atoms with Gasteiger partial charge < -0.3 is 19.9 Å². The molecule has 2 amide bonds. The third kappa shape index (κ3) is 4.31. The van der Waals surface area contributed by atoms with Crippen molar-refractivity contribution in [2.75, 3.05) is 38.2 Å². The zero-order valence-electron chi connectivity index (χ0n) is 15.0. The molecule has 1 aromatic rings. The van der Waals surface area contributed by atoms with Crippen LogP contribution in [0.15, 0.2) is 24.3 Å². The van der Waals surface area contributed by atoms with Gasteiger partial charge in [-0.2, -0.15) is 0 Å². The van der Waals surface area contributed by atoms with E-state index in [1.54, 1.807) is 4.90 Å². The van der Waals surface area contributed by atoms with Crippen molar-refractivity contribution in [1.82, 2.24) is 10.2 Å². The average Bonchev–Trinajstić information content (AvgIpc) is 3.00. The number of carbonyl (C=O) groups is 2. The number of hydrogen-bond donors (Lipinski definition) is 1. The molecule has 1 aromatic carbocycles. The third-order valence-electron chi connectivity index (χ3n) is 5.02. The lowest BCUT2D eigenvalue weighted by atomic mass is 10.0. The Morgan fingerprint density at radius 1 is 1.24 bits per heavy atom. The molecule has 0 spiro atoms. The SMILES string of the molecule is CCOc1ccc(N2C[C@H](C(=O)NC3CCN(C)CC3)CC2=O)cc1. The summed E-state index contributed by atoms with van der Waals surface area (Å²) in [7, 11) is 2.10. The van der Waals surface area contributed by atoms with E-state index >= 15 is 0 Å². The van der Waals surface area contributed by atoms with E-state index in [1.165, 1.54) is 0 Å². The summed E-state index contributed by atoms with van der Waals surface area (Å²) >= 11 is 0. The van der Waals surface area contributed by atoms with E-state index in [4.69, 9.17) is 4.74 Å². The van der Waals surface area contributed by atoms with Gasteiger partial charge in [0.05, 0.1) is 12.5 Å². The molecule has 0 unspecified atom stereocenters. The summed E-state index contributed by atoms with van der Waals surface area (Å²) in [6.07, 6.45) is 2.24. The van der Waals surface area contributed by atoms with E-state index in [2.05, 4.69) is 17.3 Å². The number of likely N-dealkylation sites (tertiary alicyclic amines) is 1. The molecule has 0 saturated carbocycles. The second kappa shape index (κ2) is 7.87. The minimum atomic E-state index is -0.265. The highest BCUT2D eigenvalue weighted by Crippen LogP contribution is 2.27. The van der Waals surface area contributed by atoms with Crippen LogP contribution in [0.3, 0.4) is 0 Å². The molecule has 0 radical (unpaired) electrons. The molecule has 2 heterocycles. The van der Waals surface area contributed by atoms with Gasteiger partial charge in [-0.3, -0.25) is 9.59 Å². The van der Waals surface area contributed by atoms with Crippen molar-refractivity contribution in [2.45, 2.75) is 32.2 Å². The number of amides is 2. The Balaban J connectivity index is 1.57. The number of anilines is 1. The van der Waals surface area contributed by atoms with Crippen LogP contribution in [0.4, 0.5) is 5.69 Å². The third-order valence-corrected chi connectivity index (χ3v) is 5.02. The predicted molar refractivity (Wildman–Crippen MR) is 96.7 cm³/mol. The molecule has 0 bridgehead atoms. The quantitative estimate of drug-likeness (QED) is 0.881. The van der Waals surface area contributed by atoms with Crippen LogP contribution < -0.4 is 15.0 Å². The van der Waals surface area contributed by atoms with Crippen LogP contribution in [-0.4, -0.2) is 56.0 Å². The first-order valence-electron chi connectivity index (χ1n) is 9.09. The van der Waals surface area contributed by atoms with Crippen molar-refractivity contribution in [3.8, 4) is 5.75 Å². The lowest BCUT2D eigenvalue weighted by molar-refractivity contribution is -0.127. The maximum absolute atomic E-state index is 12.5.